The summed E-state index contributed by atoms with van der Waals surface area (Å²) in [5.74, 6) is 0.792. The Morgan fingerprint density at radius 2 is 1.62 bits per heavy atom. The predicted molar refractivity (Wildman–Crippen MR) is 112 cm³/mol. The zero-order chi connectivity index (χ0) is 17.3. The van der Waals surface area contributed by atoms with E-state index in [1.165, 1.54) is 11.1 Å². The fraction of sp³-hybridized carbons (Fsp3) is 0.556. The van der Waals surface area contributed by atoms with Crippen LogP contribution < -0.4 is 16.0 Å². The number of benzene rings is 1. The summed E-state index contributed by atoms with van der Waals surface area (Å²) in [5.41, 5.74) is 2.26. The molecule has 0 heterocycles. The number of aryl methyl sites for hydroxylation is 1. The van der Waals surface area contributed by atoms with E-state index in [4.69, 9.17) is 0 Å². The van der Waals surface area contributed by atoms with Crippen LogP contribution in [0.1, 0.15) is 38.8 Å². The molecule has 136 valence electrons. The van der Waals surface area contributed by atoms with Crippen molar-refractivity contribution in [2.45, 2.75) is 40.7 Å². The smallest absolute Gasteiger partial charge is 0.225 e. The van der Waals surface area contributed by atoms with Crippen LogP contribution in [-0.4, -0.2) is 32.0 Å². The van der Waals surface area contributed by atoms with Crippen molar-refractivity contribution in [3.05, 3.63) is 35.4 Å². The van der Waals surface area contributed by atoms with Gasteiger partial charge in [-0.25, -0.2) is 0 Å². The summed E-state index contributed by atoms with van der Waals surface area (Å²) in [6.07, 6.45) is 1.02. The third-order valence-corrected chi connectivity index (χ3v) is 3.55. The van der Waals surface area contributed by atoms with Gasteiger partial charge >= 0.3 is 0 Å². The quantitative estimate of drug-likeness (QED) is 0.273. The third-order valence-electron chi connectivity index (χ3n) is 3.55. The van der Waals surface area contributed by atoms with Crippen LogP contribution in [-0.2, 0) is 17.8 Å². The van der Waals surface area contributed by atoms with Crippen LogP contribution in [0.2, 0.25) is 0 Å². The average Bonchev–Trinajstić information content (AvgIpc) is 2.53. The highest BCUT2D eigenvalue weighted by Gasteiger charge is 2.20. The van der Waals surface area contributed by atoms with Gasteiger partial charge in [-0.15, -0.1) is 24.0 Å². The fourth-order valence-electron chi connectivity index (χ4n) is 2.10. The minimum absolute atomic E-state index is 0. The molecule has 1 rings (SSSR count). The molecule has 1 aromatic carbocycles. The average molecular weight is 446 g/mol. The first kappa shape index (κ1) is 22.7. The largest absolute Gasteiger partial charge is 0.355 e. The lowest BCUT2D eigenvalue weighted by Gasteiger charge is -2.18. The standard InChI is InChI=1S/C18H30N4O.HI/c1-6-14-9-7-8-10-15(14)13-22-17(19-5)21-12-11-20-16(23)18(2,3)4;/h7-10H,6,11-13H2,1-5H3,(H,20,23)(H2,19,21,22);1H. The van der Waals surface area contributed by atoms with E-state index in [0.29, 0.717) is 13.1 Å². The normalized spacial score (nSPS) is 11.5. The van der Waals surface area contributed by atoms with Crippen molar-refractivity contribution < 1.29 is 4.79 Å². The highest BCUT2D eigenvalue weighted by atomic mass is 127. The van der Waals surface area contributed by atoms with Crippen molar-refractivity contribution in [3.63, 3.8) is 0 Å². The number of hydrogen-bond donors (Lipinski definition) is 3. The molecule has 0 spiro atoms. The van der Waals surface area contributed by atoms with E-state index in [0.717, 1.165) is 18.9 Å². The Morgan fingerprint density at radius 3 is 2.17 bits per heavy atom. The van der Waals surface area contributed by atoms with Crippen LogP contribution in [0.5, 0.6) is 0 Å². The Hall–Kier alpha value is -1.31. The molecule has 0 unspecified atom stereocenters. The van der Waals surface area contributed by atoms with Crippen molar-refractivity contribution in [3.8, 4) is 0 Å². The molecule has 5 nitrogen and oxygen atoms in total. The number of carbonyl (C=O) groups excluding carboxylic acids is 1. The molecular formula is C18H31IN4O. The minimum Gasteiger partial charge on any atom is -0.355 e. The molecule has 0 aromatic heterocycles. The van der Waals surface area contributed by atoms with Gasteiger partial charge in [0.05, 0.1) is 0 Å². The summed E-state index contributed by atoms with van der Waals surface area (Å²) < 4.78 is 0. The fourth-order valence-corrected chi connectivity index (χ4v) is 2.10. The summed E-state index contributed by atoms with van der Waals surface area (Å²) in [5, 5.41) is 9.42. The molecule has 0 saturated heterocycles. The Labute approximate surface area is 163 Å². The lowest BCUT2D eigenvalue weighted by Crippen LogP contribution is -2.43. The second-order valence-corrected chi connectivity index (χ2v) is 6.48. The van der Waals surface area contributed by atoms with E-state index in [9.17, 15) is 4.79 Å². The SMILES string of the molecule is CCc1ccccc1CNC(=NC)NCCNC(=O)C(C)(C)C.I. The van der Waals surface area contributed by atoms with E-state index < -0.39 is 0 Å². The monoisotopic (exact) mass is 446 g/mol. The summed E-state index contributed by atoms with van der Waals surface area (Å²) >= 11 is 0. The molecule has 1 amide bonds. The number of carbonyl (C=O) groups is 1. The molecule has 0 saturated carbocycles. The van der Waals surface area contributed by atoms with Gasteiger partial charge in [0.15, 0.2) is 5.96 Å². The maximum absolute atomic E-state index is 11.8. The molecule has 0 radical (unpaired) electrons. The molecule has 1 aromatic rings. The van der Waals surface area contributed by atoms with Crippen LogP contribution in [0.15, 0.2) is 29.3 Å². The first-order valence-corrected chi connectivity index (χ1v) is 8.18. The number of guanidine groups is 1. The molecule has 24 heavy (non-hydrogen) atoms. The second-order valence-electron chi connectivity index (χ2n) is 6.48. The first-order valence-electron chi connectivity index (χ1n) is 8.18. The van der Waals surface area contributed by atoms with E-state index in [-0.39, 0.29) is 35.3 Å². The number of amides is 1. The van der Waals surface area contributed by atoms with Crippen molar-refractivity contribution >= 4 is 35.8 Å². The van der Waals surface area contributed by atoms with Crippen molar-refractivity contribution in [1.29, 1.82) is 0 Å². The third kappa shape index (κ3) is 7.99. The Morgan fingerprint density at radius 1 is 1.04 bits per heavy atom. The number of rotatable bonds is 6. The van der Waals surface area contributed by atoms with Crippen LogP contribution in [0.3, 0.4) is 0 Å². The van der Waals surface area contributed by atoms with E-state index in [1.807, 2.05) is 26.8 Å². The van der Waals surface area contributed by atoms with Crippen molar-refractivity contribution in [2.24, 2.45) is 10.4 Å². The van der Waals surface area contributed by atoms with E-state index >= 15 is 0 Å². The van der Waals surface area contributed by atoms with Gasteiger partial charge in [0.1, 0.15) is 0 Å². The lowest BCUT2D eigenvalue weighted by molar-refractivity contribution is -0.128. The van der Waals surface area contributed by atoms with E-state index in [1.54, 1.807) is 7.05 Å². The van der Waals surface area contributed by atoms with Gasteiger partial charge in [0, 0.05) is 32.1 Å². The topological polar surface area (TPSA) is 65.5 Å². The number of nitrogens with zero attached hydrogens (tertiary/aromatic N) is 1. The number of aliphatic imine (C=N–C) groups is 1. The number of halogens is 1. The number of nitrogens with one attached hydrogen (secondary N) is 3. The van der Waals surface area contributed by atoms with Crippen molar-refractivity contribution in [1.82, 2.24) is 16.0 Å². The highest BCUT2D eigenvalue weighted by Crippen LogP contribution is 2.11. The second kappa shape index (κ2) is 11.3. The number of hydrogen-bond acceptors (Lipinski definition) is 2. The van der Waals surface area contributed by atoms with Crippen LogP contribution >= 0.6 is 24.0 Å². The first-order chi connectivity index (χ1) is 10.9. The molecule has 6 heteroatoms. The summed E-state index contributed by atoms with van der Waals surface area (Å²) in [6, 6.07) is 8.39. The van der Waals surface area contributed by atoms with Gasteiger partial charge in [-0.1, -0.05) is 52.0 Å². The van der Waals surface area contributed by atoms with Gasteiger partial charge in [0.25, 0.3) is 0 Å². The van der Waals surface area contributed by atoms with Crippen LogP contribution in [0, 0.1) is 5.41 Å². The van der Waals surface area contributed by atoms with Gasteiger partial charge in [-0.05, 0) is 17.5 Å². The minimum atomic E-state index is -0.357. The van der Waals surface area contributed by atoms with Gasteiger partial charge < -0.3 is 16.0 Å². The Bertz CT molecular complexity index is 538. The van der Waals surface area contributed by atoms with Gasteiger partial charge in [-0.2, -0.15) is 0 Å². The molecular weight excluding hydrogens is 415 g/mol. The van der Waals surface area contributed by atoms with E-state index in [2.05, 4.69) is 46.1 Å². The molecule has 3 N–H and O–H groups in total. The maximum Gasteiger partial charge on any atom is 0.225 e. The predicted octanol–water partition coefficient (Wildman–Crippen LogP) is 2.69. The Balaban J connectivity index is 0.00000529. The summed E-state index contributed by atoms with van der Waals surface area (Å²) in [6.45, 7) is 9.81. The molecule has 0 atom stereocenters. The Kier molecular flexibility index (Phi) is 10.7. The lowest BCUT2D eigenvalue weighted by atomic mass is 9.96. The maximum atomic E-state index is 11.8. The summed E-state index contributed by atoms with van der Waals surface area (Å²) in [7, 11) is 1.74. The van der Waals surface area contributed by atoms with Crippen LogP contribution in [0.4, 0.5) is 0 Å². The zero-order valence-corrected chi connectivity index (χ0v) is 17.7. The van der Waals surface area contributed by atoms with Gasteiger partial charge in [-0.3, -0.25) is 9.79 Å². The molecule has 0 aliphatic heterocycles. The van der Waals surface area contributed by atoms with Crippen LogP contribution in [0.25, 0.3) is 0 Å². The van der Waals surface area contributed by atoms with Crippen molar-refractivity contribution in [2.75, 3.05) is 20.1 Å². The highest BCUT2D eigenvalue weighted by molar-refractivity contribution is 14.0. The molecule has 0 bridgehead atoms. The van der Waals surface area contributed by atoms with Gasteiger partial charge in [0.2, 0.25) is 5.91 Å². The summed E-state index contributed by atoms with van der Waals surface area (Å²) in [4.78, 5) is 16.0. The zero-order valence-electron chi connectivity index (χ0n) is 15.4. The molecule has 0 aliphatic carbocycles. The molecule has 0 aliphatic rings. The molecule has 0 fully saturated rings.